The zero-order valence-corrected chi connectivity index (χ0v) is 18.4. The Balaban J connectivity index is 1.96. The molecule has 0 spiro atoms. The van der Waals surface area contributed by atoms with Crippen molar-refractivity contribution < 1.29 is 31.9 Å². The first-order valence-electron chi connectivity index (χ1n) is 8.97. The number of methoxy groups -OCH3 is 2. The lowest BCUT2D eigenvalue weighted by molar-refractivity contribution is 0.0514. The fourth-order valence-corrected chi connectivity index (χ4v) is 4.20. The molecule has 0 unspecified atom stereocenters. The third-order valence-corrected chi connectivity index (χ3v) is 5.83. The Hall–Kier alpha value is -3.24. The molecule has 0 radical (unpaired) electrons. The van der Waals surface area contributed by atoms with Gasteiger partial charge in [-0.3, -0.25) is 4.72 Å². The zero-order valence-electron chi connectivity index (χ0n) is 16.8. The first kappa shape index (κ1) is 22.4. The molecule has 9 nitrogen and oxygen atoms in total. The lowest BCUT2D eigenvalue weighted by Crippen LogP contribution is -2.14. The SMILES string of the molecule is CCOC(=O)c1cc(-c2ccc(OC)c(S(=O)(=O)Nc3ccc(OC)c(Cl)c3)c2)on1. The molecular formula is C20H19ClN2O7S. The highest BCUT2D eigenvalue weighted by atomic mass is 35.5. The normalized spacial score (nSPS) is 11.1. The number of carbonyl (C=O) groups is 1. The topological polar surface area (TPSA) is 117 Å². The summed E-state index contributed by atoms with van der Waals surface area (Å²) in [6, 6.07) is 10.2. The molecule has 1 N–H and O–H groups in total. The molecule has 0 bridgehead atoms. The van der Waals surface area contributed by atoms with E-state index in [9.17, 15) is 13.2 Å². The highest BCUT2D eigenvalue weighted by molar-refractivity contribution is 7.92. The summed E-state index contributed by atoms with van der Waals surface area (Å²) in [5, 5.41) is 3.91. The standard InChI is InChI=1S/C20H19ClN2O7S/c1-4-29-20(24)15-11-18(30-22-15)12-5-7-17(28-3)19(9-12)31(25,26)23-13-6-8-16(27-2)14(21)10-13/h5-11,23H,4H2,1-3H3. The molecule has 2 aromatic carbocycles. The van der Waals surface area contributed by atoms with Crippen LogP contribution < -0.4 is 14.2 Å². The number of rotatable bonds is 8. The van der Waals surface area contributed by atoms with Crippen molar-refractivity contribution in [1.82, 2.24) is 5.16 Å². The van der Waals surface area contributed by atoms with Gasteiger partial charge in [0.1, 0.15) is 16.4 Å². The fraction of sp³-hybridized carbons (Fsp3) is 0.200. The summed E-state index contributed by atoms with van der Waals surface area (Å²) in [7, 11) is -1.26. The van der Waals surface area contributed by atoms with Crippen molar-refractivity contribution in [3.63, 3.8) is 0 Å². The number of ether oxygens (including phenoxy) is 3. The smallest absolute Gasteiger partial charge is 0.360 e. The molecule has 1 heterocycles. The number of hydrogen-bond acceptors (Lipinski definition) is 8. The van der Waals surface area contributed by atoms with Gasteiger partial charge >= 0.3 is 5.97 Å². The minimum Gasteiger partial charge on any atom is -0.495 e. The average Bonchev–Trinajstić information content (AvgIpc) is 3.24. The largest absolute Gasteiger partial charge is 0.495 e. The predicted molar refractivity (Wildman–Crippen MR) is 113 cm³/mol. The van der Waals surface area contributed by atoms with Crippen molar-refractivity contribution in [2.24, 2.45) is 0 Å². The molecular weight excluding hydrogens is 448 g/mol. The Labute approximate surface area is 183 Å². The number of nitrogens with one attached hydrogen (secondary N) is 1. The van der Waals surface area contributed by atoms with Gasteiger partial charge in [-0.15, -0.1) is 0 Å². The minimum atomic E-state index is -4.07. The molecule has 0 aliphatic rings. The summed E-state index contributed by atoms with van der Waals surface area (Å²) in [4.78, 5) is 11.7. The van der Waals surface area contributed by atoms with Crippen LogP contribution in [0.3, 0.4) is 0 Å². The van der Waals surface area contributed by atoms with Crippen LogP contribution >= 0.6 is 11.6 Å². The van der Waals surface area contributed by atoms with E-state index < -0.39 is 16.0 Å². The second kappa shape index (κ2) is 9.27. The molecule has 164 valence electrons. The maximum absolute atomic E-state index is 13.0. The number of carbonyl (C=O) groups excluding carboxylic acids is 1. The van der Waals surface area contributed by atoms with E-state index >= 15 is 0 Å². The highest BCUT2D eigenvalue weighted by Crippen LogP contribution is 2.33. The van der Waals surface area contributed by atoms with Crippen molar-refractivity contribution in [2.45, 2.75) is 11.8 Å². The second-order valence-corrected chi connectivity index (χ2v) is 8.18. The molecule has 0 aliphatic heterocycles. The van der Waals surface area contributed by atoms with Gasteiger partial charge in [-0.25, -0.2) is 13.2 Å². The Morgan fingerprint density at radius 3 is 2.45 bits per heavy atom. The van der Waals surface area contributed by atoms with Crippen molar-refractivity contribution in [3.8, 4) is 22.8 Å². The Morgan fingerprint density at radius 1 is 1.10 bits per heavy atom. The van der Waals surface area contributed by atoms with Crippen LogP contribution in [0.5, 0.6) is 11.5 Å². The van der Waals surface area contributed by atoms with Crippen LogP contribution in [0.2, 0.25) is 5.02 Å². The van der Waals surface area contributed by atoms with Crippen LogP contribution in [0.4, 0.5) is 5.69 Å². The number of aromatic nitrogens is 1. The Morgan fingerprint density at radius 2 is 1.81 bits per heavy atom. The molecule has 0 aliphatic carbocycles. The first-order chi connectivity index (χ1) is 14.8. The number of benzene rings is 2. The van der Waals surface area contributed by atoms with Crippen LogP contribution in [0.1, 0.15) is 17.4 Å². The zero-order chi connectivity index (χ0) is 22.6. The van der Waals surface area contributed by atoms with Gasteiger partial charge in [0.05, 0.1) is 31.5 Å². The van der Waals surface area contributed by atoms with Gasteiger partial charge in [-0.2, -0.15) is 0 Å². The fourth-order valence-electron chi connectivity index (χ4n) is 2.69. The van der Waals surface area contributed by atoms with Gasteiger partial charge in [0.25, 0.3) is 10.0 Å². The Kier molecular flexibility index (Phi) is 6.71. The van der Waals surface area contributed by atoms with Gasteiger partial charge in [-0.05, 0) is 43.3 Å². The third kappa shape index (κ3) is 4.92. The molecule has 0 fully saturated rings. The van der Waals surface area contributed by atoms with E-state index in [1.807, 2.05) is 0 Å². The predicted octanol–water partition coefficient (Wildman–Crippen LogP) is 3.99. The van der Waals surface area contributed by atoms with Crippen LogP contribution in [0.25, 0.3) is 11.3 Å². The summed E-state index contributed by atoms with van der Waals surface area (Å²) >= 11 is 6.08. The molecule has 11 heteroatoms. The number of esters is 1. The molecule has 3 rings (SSSR count). The van der Waals surface area contributed by atoms with E-state index in [2.05, 4.69) is 9.88 Å². The van der Waals surface area contributed by atoms with E-state index in [0.29, 0.717) is 11.3 Å². The quantitative estimate of drug-likeness (QED) is 0.495. The lowest BCUT2D eigenvalue weighted by Gasteiger charge is -2.13. The van der Waals surface area contributed by atoms with E-state index in [1.165, 1.54) is 44.6 Å². The van der Waals surface area contributed by atoms with Crippen molar-refractivity contribution in [3.05, 3.63) is 53.2 Å². The lowest BCUT2D eigenvalue weighted by atomic mass is 10.1. The molecule has 31 heavy (non-hydrogen) atoms. The van der Waals surface area contributed by atoms with Crippen LogP contribution in [-0.4, -0.2) is 40.4 Å². The first-order valence-corrected chi connectivity index (χ1v) is 10.8. The molecule has 0 atom stereocenters. The summed E-state index contributed by atoms with van der Waals surface area (Å²) in [6.07, 6.45) is 0. The number of halogens is 1. The minimum absolute atomic E-state index is 0.0249. The number of anilines is 1. The molecule has 3 aromatic rings. The van der Waals surface area contributed by atoms with Gasteiger partial charge in [-0.1, -0.05) is 16.8 Å². The van der Waals surface area contributed by atoms with Crippen LogP contribution in [-0.2, 0) is 14.8 Å². The van der Waals surface area contributed by atoms with Gasteiger partial charge in [0.15, 0.2) is 11.5 Å². The van der Waals surface area contributed by atoms with Crippen LogP contribution in [0, 0.1) is 0 Å². The Bertz CT molecular complexity index is 1210. The van der Waals surface area contributed by atoms with Gasteiger partial charge < -0.3 is 18.7 Å². The maximum atomic E-state index is 13.0. The van der Waals surface area contributed by atoms with Gasteiger partial charge in [0.2, 0.25) is 0 Å². The molecule has 0 saturated heterocycles. The summed E-state index contributed by atoms with van der Waals surface area (Å²) < 4.78 is 48.9. The summed E-state index contributed by atoms with van der Waals surface area (Å²) in [6.45, 7) is 1.86. The molecule has 0 saturated carbocycles. The van der Waals surface area contributed by atoms with E-state index in [-0.39, 0.29) is 39.4 Å². The second-order valence-electron chi connectivity index (χ2n) is 6.12. The van der Waals surface area contributed by atoms with Gasteiger partial charge in [0, 0.05) is 11.6 Å². The van der Waals surface area contributed by atoms with Crippen molar-refractivity contribution >= 4 is 33.3 Å². The van der Waals surface area contributed by atoms with Crippen LogP contribution in [0.15, 0.2) is 51.9 Å². The summed E-state index contributed by atoms with van der Waals surface area (Å²) in [5.41, 5.74) is 0.586. The maximum Gasteiger partial charge on any atom is 0.360 e. The third-order valence-electron chi connectivity index (χ3n) is 4.14. The average molecular weight is 467 g/mol. The highest BCUT2D eigenvalue weighted by Gasteiger charge is 2.23. The number of hydrogen-bond donors (Lipinski definition) is 1. The van der Waals surface area contributed by atoms with E-state index in [0.717, 1.165) is 0 Å². The number of nitrogens with zero attached hydrogens (tertiary/aromatic N) is 1. The number of sulfonamides is 1. The van der Waals surface area contributed by atoms with E-state index in [1.54, 1.807) is 19.1 Å². The molecule has 0 amide bonds. The van der Waals surface area contributed by atoms with Crippen molar-refractivity contribution in [1.29, 1.82) is 0 Å². The monoisotopic (exact) mass is 466 g/mol. The molecule has 1 aromatic heterocycles. The van der Waals surface area contributed by atoms with Crippen molar-refractivity contribution in [2.75, 3.05) is 25.5 Å². The van der Waals surface area contributed by atoms with E-state index in [4.69, 9.17) is 30.3 Å². The summed E-state index contributed by atoms with van der Waals surface area (Å²) in [5.74, 6) is 0.0689.